The van der Waals surface area contributed by atoms with Gasteiger partial charge in [-0.25, -0.2) is 0 Å². The van der Waals surface area contributed by atoms with E-state index >= 15 is 0 Å². The van der Waals surface area contributed by atoms with Crippen LogP contribution in [0.25, 0.3) is 17.2 Å². The molecular formula is C18H15NO3S. The molecule has 0 atom stereocenters. The maximum absolute atomic E-state index is 11.9. The summed E-state index contributed by atoms with van der Waals surface area (Å²) in [5.41, 5.74) is 3.06. The minimum absolute atomic E-state index is 0.240. The van der Waals surface area contributed by atoms with Gasteiger partial charge in [0.1, 0.15) is 5.75 Å². The Morgan fingerprint density at radius 2 is 1.52 bits per heavy atom. The fourth-order valence-electron chi connectivity index (χ4n) is 2.25. The third-order valence-corrected chi connectivity index (χ3v) is 4.58. The van der Waals surface area contributed by atoms with E-state index in [-0.39, 0.29) is 11.1 Å². The average Bonchev–Trinajstić information content (AvgIpc) is 2.83. The number of hydrogen-bond donors (Lipinski definition) is 0. The highest BCUT2D eigenvalue weighted by Gasteiger charge is 2.31. The molecule has 5 heteroatoms. The van der Waals surface area contributed by atoms with Gasteiger partial charge in [0, 0.05) is 7.05 Å². The van der Waals surface area contributed by atoms with Gasteiger partial charge in [-0.2, -0.15) is 0 Å². The number of rotatable bonds is 3. The third kappa shape index (κ3) is 3.14. The first-order valence-corrected chi connectivity index (χ1v) is 7.86. The molecule has 3 rings (SSSR count). The predicted octanol–water partition coefficient (Wildman–Crippen LogP) is 4.03. The van der Waals surface area contributed by atoms with Crippen LogP contribution in [0.15, 0.2) is 53.4 Å². The monoisotopic (exact) mass is 325 g/mol. The molecule has 1 aliphatic rings. The van der Waals surface area contributed by atoms with Crippen LogP contribution in [0, 0.1) is 0 Å². The van der Waals surface area contributed by atoms with E-state index in [9.17, 15) is 9.59 Å². The minimum atomic E-state index is -0.251. The Morgan fingerprint density at radius 1 is 0.957 bits per heavy atom. The molecular weight excluding hydrogens is 310 g/mol. The number of nitrogens with zero attached hydrogens (tertiary/aromatic N) is 1. The number of benzene rings is 2. The van der Waals surface area contributed by atoms with Gasteiger partial charge in [0.25, 0.3) is 11.1 Å². The SMILES string of the molecule is COc1ccc(-c2ccc(/C=C3\SC(=O)N(C)C3=O)cc2)cc1. The average molecular weight is 325 g/mol. The van der Waals surface area contributed by atoms with Crippen molar-refractivity contribution in [2.24, 2.45) is 0 Å². The second-order valence-electron chi connectivity index (χ2n) is 5.09. The molecule has 0 saturated carbocycles. The van der Waals surface area contributed by atoms with E-state index in [0.717, 1.165) is 39.1 Å². The van der Waals surface area contributed by atoms with Crippen LogP contribution in [0.1, 0.15) is 5.56 Å². The van der Waals surface area contributed by atoms with Crippen LogP contribution in [0.3, 0.4) is 0 Å². The van der Waals surface area contributed by atoms with Crippen LogP contribution in [0.5, 0.6) is 5.75 Å². The molecule has 0 unspecified atom stereocenters. The van der Waals surface area contributed by atoms with Crippen molar-refractivity contribution in [2.75, 3.05) is 14.2 Å². The Labute approximate surface area is 138 Å². The smallest absolute Gasteiger partial charge is 0.293 e. The molecule has 2 aromatic rings. The lowest BCUT2D eigenvalue weighted by molar-refractivity contribution is -0.121. The zero-order chi connectivity index (χ0) is 16.4. The molecule has 0 radical (unpaired) electrons. The maximum Gasteiger partial charge on any atom is 0.293 e. The van der Waals surface area contributed by atoms with Gasteiger partial charge in [-0.15, -0.1) is 0 Å². The molecule has 1 heterocycles. The highest BCUT2D eigenvalue weighted by Crippen LogP contribution is 2.31. The maximum atomic E-state index is 11.9. The lowest BCUT2D eigenvalue weighted by atomic mass is 10.0. The highest BCUT2D eigenvalue weighted by molar-refractivity contribution is 8.18. The van der Waals surface area contributed by atoms with Crippen molar-refractivity contribution in [3.8, 4) is 16.9 Å². The number of carbonyl (C=O) groups is 2. The van der Waals surface area contributed by atoms with Crippen LogP contribution in [0.4, 0.5) is 4.79 Å². The Morgan fingerprint density at radius 3 is 2.00 bits per heavy atom. The summed E-state index contributed by atoms with van der Waals surface area (Å²) in [5, 5.41) is -0.240. The number of ether oxygens (including phenoxy) is 1. The van der Waals surface area contributed by atoms with Gasteiger partial charge < -0.3 is 4.74 Å². The molecule has 1 saturated heterocycles. The van der Waals surface area contributed by atoms with Crippen molar-refractivity contribution in [1.82, 2.24) is 4.90 Å². The zero-order valence-corrected chi connectivity index (χ0v) is 13.6. The largest absolute Gasteiger partial charge is 0.497 e. The Kier molecular flexibility index (Phi) is 4.21. The summed E-state index contributed by atoms with van der Waals surface area (Å²) in [6.45, 7) is 0. The summed E-state index contributed by atoms with van der Waals surface area (Å²) in [6, 6.07) is 15.7. The number of likely N-dealkylation sites (N-methyl/N-ethyl adjacent to an activating group) is 1. The predicted molar refractivity (Wildman–Crippen MR) is 92.2 cm³/mol. The van der Waals surface area contributed by atoms with Crippen LogP contribution >= 0.6 is 11.8 Å². The van der Waals surface area contributed by atoms with Gasteiger partial charge in [0.15, 0.2) is 0 Å². The molecule has 0 aliphatic carbocycles. The Hall–Kier alpha value is -2.53. The summed E-state index contributed by atoms with van der Waals surface area (Å²) in [6.07, 6.45) is 1.74. The third-order valence-electron chi connectivity index (χ3n) is 3.62. The van der Waals surface area contributed by atoms with Crippen molar-refractivity contribution in [1.29, 1.82) is 0 Å². The summed E-state index contributed by atoms with van der Waals surface area (Å²) >= 11 is 0.966. The molecule has 1 aliphatic heterocycles. The molecule has 0 aromatic heterocycles. The number of hydrogen-bond acceptors (Lipinski definition) is 4. The van der Waals surface area contributed by atoms with Crippen LogP contribution in [0.2, 0.25) is 0 Å². The molecule has 1 fully saturated rings. The van der Waals surface area contributed by atoms with E-state index in [1.165, 1.54) is 7.05 Å². The van der Waals surface area contributed by atoms with Gasteiger partial charge in [-0.1, -0.05) is 36.4 Å². The molecule has 0 spiro atoms. The van der Waals surface area contributed by atoms with E-state index in [4.69, 9.17) is 4.74 Å². The number of carbonyl (C=O) groups excluding carboxylic acids is 2. The first-order chi connectivity index (χ1) is 11.1. The second-order valence-corrected chi connectivity index (χ2v) is 6.08. The lowest BCUT2D eigenvalue weighted by Crippen LogP contribution is -2.22. The van der Waals surface area contributed by atoms with Crippen LogP contribution in [-0.2, 0) is 4.79 Å². The van der Waals surface area contributed by atoms with E-state index in [1.54, 1.807) is 13.2 Å². The molecule has 2 aromatic carbocycles. The summed E-state index contributed by atoms with van der Waals surface area (Å²) < 4.78 is 5.15. The Balaban J connectivity index is 1.82. The molecule has 0 bridgehead atoms. The van der Waals surface area contributed by atoms with Gasteiger partial charge in [0.05, 0.1) is 12.0 Å². The van der Waals surface area contributed by atoms with Gasteiger partial charge in [0.2, 0.25) is 0 Å². The second kappa shape index (κ2) is 6.30. The molecule has 2 amide bonds. The fourth-order valence-corrected chi connectivity index (χ4v) is 3.08. The number of methoxy groups -OCH3 is 1. The Bertz CT molecular complexity index is 779. The van der Waals surface area contributed by atoms with Gasteiger partial charge >= 0.3 is 0 Å². The first kappa shape index (κ1) is 15.4. The van der Waals surface area contributed by atoms with Gasteiger partial charge in [-0.05, 0) is 46.7 Å². The van der Waals surface area contributed by atoms with Crippen molar-refractivity contribution in [3.05, 3.63) is 59.0 Å². The van der Waals surface area contributed by atoms with Crippen LogP contribution in [-0.4, -0.2) is 30.2 Å². The quantitative estimate of drug-likeness (QED) is 0.799. The topological polar surface area (TPSA) is 46.6 Å². The van der Waals surface area contributed by atoms with E-state index < -0.39 is 0 Å². The van der Waals surface area contributed by atoms with E-state index in [1.807, 2.05) is 48.5 Å². The van der Waals surface area contributed by atoms with Crippen molar-refractivity contribution in [2.45, 2.75) is 0 Å². The summed E-state index contributed by atoms with van der Waals surface area (Å²) in [4.78, 5) is 24.9. The zero-order valence-electron chi connectivity index (χ0n) is 12.8. The van der Waals surface area contributed by atoms with Crippen molar-refractivity contribution in [3.63, 3.8) is 0 Å². The first-order valence-electron chi connectivity index (χ1n) is 7.04. The van der Waals surface area contributed by atoms with Gasteiger partial charge in [-0.3, -0.25) is 14.5 Å². The normalized spacial score (nSPS) is 16.3. The van der Waals surface area contributed by atoms with Crippen molar-refractivity contribution < 1.29 is 14.3 Å². The fraction of sp³-hybridized carbons (Fsp3) is 0.111. The number of thioether (sulfide) groups is 1. The number of imide groups is 1. The molecule has 116 valence electrons. The summed E-state index contributed by atoms with van der Waals surface area (Å²) in [5.74, 6) is 0.569. The molecule has 0 N–H and O–H groups in total. The van der Waals surface area contributed by atoms with E-state index in [2.05, 4.69) is 0 Å². The van der Waals surface area contributed by atoms with Crippen LogP contribution < -0.4 is 4.74 Å². The summed E-state index contributed by atoms with van der Waals surface area (Å²) in [7, 11) is 3.13. The highest BCUT2D eigenvalue weighted by atomic mass is 32.2. The standard InChI is InChI=1S/C18H15NO3S/c1-19-17(20)16(23-18(19)21)11-12-3-5-13(6-4-12)14-7-9-15(22-2)10-8-14/h3-11H,1-2H3/b16-11-. The van der Waals surface area contributed by atoms with Crippen molar-refractivity contribution >= 4 is 29.0 Å². The lowest BCUT2D eigenvalue weighted by Gasteiger charge is -2.04. The minimum Gasteiger partial charge on any atom is -0.497 e. The molecule has 4 nitrogen and oxygen atoms in total. The van der Waals surface area contributed by atoms with E-state index in [0.29, 0.717) is 4.91 Å². The molecule has 23 heavy (non-hydrogen) atoms. The number of amides is 2.